The molecule has 2 rings (SSSR count). The van der Waals surface area contributed by atoms with Crippen LogP contribution in [-0.2, 0) is 0 Å². The fourth-order valence-electron chi connectivity index (χ4n) is 1.54. The molecule has 0 fully saturated rings. The van der Waals surface area contributed by atoms with Crippen LogP contribution in [0.5, 0.6) is 5.75 Å². The van der Waals surface area contributed by atoms with Crippen molar-refractivity contribution in [1.82, 2.24) is 9.97 Å². The molecule has 0 aliphatic heterocycles. The summed E-state index contributed by atoms with van der Waals surface area (Å²) >= 11 is 0. The summed E-state index contributed by atoms with van der Waals surface area (Å²) in [6, 6.07) is 9.57. The van der Waals surface area contributed by atoms with Crippen LogP contribution < -0.4 is 4.74 Å². The predicted octanol–water partition coefficient (Wildman–Crippen LogP) is 2.27. The first-order valence-corrected chi connectivity index (χ1v) is 4.85. The van der Waals surface area contributed by atoms with Crippen molar-refractivity contribution in [1.29, 1.82) is 5.26 Å². The van der Waals surface area contributed by atoms with Crippen molar-refractivity contribution in [2.45, 2.75) is 6.92 Å². The van der Waals surface area contributed by atoms with Crippen molar-refractivity contribution < 1.29 is 4.74 Å². The normalized spacial score (nSPS) is 9.81. The highest BCUT2D eigenvalue weighted by molar-refractivity contribution is 5.63. The summed E-state index contributed by atoms with van der Waals surface area (Å²) in [5.41, 5.74) is 2.66. The second-order valence-corrected chi connectivity index (χ2v) is 3.40. The second kappa shape index (κ2) is 4.07. The molecule has 0 unspecified atom stereocenters. The minimum absolute atomic E-state index is 0.336. The molecular formula is C12H11N3O. The van der Waals surface area contributed by atoms with Gasteiger partial charge in [-0.3, -0.25) is 0 Å². The van der Waals surface area contributed by atoms with Crippen molar-refractivity contribution in [3.63, 3.8) is 0 Å². The van der Waals surface area contributed by atoms with Gasteiger partial charge >= 0.3 is 0 Å². The summed E-state index contributed by atoms with van der Waals surface area (Å²) in [5.74, 6) is 1.14. The molecule has 1 heterocycles. The minimum Gasteiger partial charge on any atom is -0.497 e. The zero-order valence-corrected chi connectivity index (χ0v) is 9.11. The van der Waals surface area contributed by atoms with Crippen LogP contribution in [-0.4, -0.2) is 17.1 Å². The van der Waals surface area contributed by atoms with E-state index in [9.17, 15) is 0 Å². The van der Waals surface area contributed by atoms with Gasteiger partial charge in [0.1, 0.15) is 11.8 Å². The number of hydrogen-bond donors (Lipinski definition) is 1. The highest BCUT2D eigenvalue weighted by Crippen LogP contribution is 2.23. The molecule has 0 saturated heterocycles. The molecule has 0 spiro atoms. The van der Waals surface area contributed by atoms with Gasteiger partial charge in [0.15, 0.2) is 0 Å². The van der Waals surface area contributed by atoms with E-state index in [2.05, 4.69) is 9.97 Å². The Labute approximate surface area is 93.5 Å². The molecule has 0 bridgehead atoms. The summed E-state index contributed by atoms with van der Waals surface area (Å²) < 4.78 is 5.08. The van der Waals surface area contributed by atoms with Gasteiger partial charge < -0.3 is 9.72 Å². The second-order valence-electron chi connectivity index (χ2n) is 3.40. The predicted molar refractivity (Wildman–Crippen MR) is 60.0 cm³/mol. The Hall–Kier alpha value is -2.28. The van der Waals surface area contributed by atoms with Crippen LogP contribution in [0.4, 0.5) is 0 Å². The van der Waals surface area contributed by atoms with Crippen molar-refractivity contribution in [2.24, 2.45) is 0 Å². The van der Waals surface area contributed by atoms with E-state index >= 15 is 0 Å². The van der Waals surface area contributed by atoms with Crippen molar-refractivity contribution in [3.8, 4) is 23.1 Å². The van der Waals surface area contributed by atoms with Gasteiger partial charge in [-0.25, -0.2) is 4.98 Å². The molecule has 0 atom stereocenters. The van der Waals surface area contributed by atoms with E-state index in [-0.39, 0.29) is 0 Å². The Morgan fingerprint density at radius 3 is 2.50 bits per heavy atom. The van der Waals surface area contributed by atoms with E-state index in [0.29, 0.717) is 5.82 Å². The Morgan fingerprint density at radius 1 is 1.31 bits per heavy atom. The van der Waals surface area contributed by atoms with Crippen LogP contribution in [0.2, 0.25) is 0 Å². The number of methoxy groups -OCH3 is 1. The third-order valence-electron chi connectivity index (χ3n) is 2.35. The molecule has 0 amide bonds. The third-order valence-corrected chi connectivity index (χ3v) is 2.35. The van der Waals surface area contributed by atoms with Gasteiger partial charge in [0, 0.05) is 11.3 Å². The van der Waals surface area contributed by atoms with Crippen LogP contribution in [0.1, 0.15) is 11.5 Å². The maximum absolute atomic E-state index is 8.74. The Morgan fingerprint density at radius 2 is 2.00 bits per heavy atom. The lowest BCUT2D eigenvalue weighted by atomic mass is 10.1. The van der Waals surface area contributed by atoms with Gasteiger partial charge in [0.2, 0.25) is 5.82 Å². The molecule has 4 nitrogen and oxygen atoms in total. The van der Waals surface area contributed by atoms with E-state index < -0.39 is 0 Å². The number of aromatic amines is 1. The number of ether oxygens (including phenoxy) is 1. The standard InChI is InChI=1S/C12H11N3O/c1-8-12(15-11(7-13)14-8)9-3-5-10(16-2)6-4-9/h3-6H,1-2H3,(H,14,15). The highest BCUT2D eigenvalue weighted by Gasteiger charge is 2.08. The first kappa shape index (κ1) is 10.2. The molecule has 4 heteroatoms. The van der Waals surface area contributed by atoms with E-state index in [1.807, 2.05) is 37.3 Å². The fraction of sp³-hybridized carbons (Fsp3) is 0.167. The molecule has 1 aromatic carbocycles. The number of aromatic nitrogens is 2. The van der Waals surface area contributed by atoms with Crippen LogP contribution in [0.25, 0.3) is 11.3 Å². The fourth-order valence-corrected chi connectivity index (χ4v) is 1.54. The number of nitrogens with one attached hydrogen (secondary N) is 1. The largest absolute Gasteiger partial charge is 0.497 e. The quantitative estimate of drug-likeness (QED) is 0.832. The average molecular weight is 213 g/mol. The maximum Gasteiger partial charge on any atom is 0.210 e. The lowest BCUT2D eigenvalue weighted by Crippen LogP contribution is -1.84. The molecule has 0 saturated carbocycles. The summed E-state index contributed by atoms with van der Waals surface area (Å²) in [6.07, 6.45) is 0. The molecule has 2 aromatic rings. The van der Waals surface area contributed by atoms with Crippen LogP contribution in [0, 0.1) is 18.3 Å². The van der Waals surface area contributed by atoms with Gasteiger partial charge in [-0.15, -0.1) is 0 Å². The molecule has 0 aliphatic rings. The van der Waals surface area contributed by atoms with E-state index in [1.54, 1.807) is 7.11 Å². The molecule has 80 valence electrons. The number of H-pyrrole nitrogens is 1. The monoisotopic (exact) mass is 213 g/mol. The maximum atomic E-state index is 8.74. The number of benzene rings is 1. The van der Waals surface area contributed by atoms with Gasteiger partial charge in [-0.1, -0.05) is 0 Å². The number of imidazole rings is 1. The zero-order chi connectivity index (χ0) is 11.5. The SMILES string of the molecule is COc1ccc(-c2nc(C#N)[nH]c2C)cc1. The zero-order valence-electron chi connectivity index (χ0n) is 9.11. The van der Waals surface area contributed by atoms with Gasteiger partial charge in [-0.05, 0) is 31.2 Å². The third kappa shape index (κ3) is 1.75. The number of nitriles is 1. The van der Waals surface area contributed by atoms with E-state index in [0.717, 1.165) is 22.7 Å². The molecule has 0 aliphatic carbocycles. The minimum atomic E-state index is 0.336. The smallest absolute Gasteiger partial charge is 0.210 e. The number of aryl methyl sites for hydroxylation is 1. The molecule has 1 aromatic heterocycles. The lowest BCUT2D eigenvalue weighted by molar-refractivity contribution is 0.415. The first-order valence-electron chi connectivity index (χ1n) is 4.85. The molecule has 1 N–H and O–H groups in total. The number of hydrogen-bond acceptors (Lipinski definition) is 3. The summed E-state index contributed by atoms with van der Waals surface area (Å²) in [5, 5.41) is 8.74. The Bertz CT molecular complexity index is 534. The molecule has 0 radical (unpaired) electrons. The van der Waals surface area contributed by atoms with Crippen molar-refractivity contribution >= 4 is 0 Å². The van der Waals surface area contributed by atoms with Gasteiger partial charge in [0.25, 0.3) is 0 Å². The van der Waals surface area contributed by atoms with E-state index in [4.69, 9.17) is 10.00 Å². The molecular weight excluding hydrogens is 202 g/mol. The Kier molecular flexibility index (Phi) is 2.61. The topological polar surface area (TPSA) is 61.7 Å². The number of nitrogens with zero attached hydrogens (tertiary/aromatic N) is 2. The Balaban J connectivity index is 2.42. The number of rotatable bonds is 2. The van der Waals surface area contributed by atoms with Crippen molar-refractivity contribution in [3.05, 3.63) is 35.8 Å². The van der Waals surface area contributed by atoms with Crippen LogP contribution in [0.3, 0.4) is 0 Å². The van der Waals surface area contributed by atoms with Crippen LogP contribution >= 0.6 is 0 Å². The van der Waals surface area contributed by atoms with Gasteiger partial charge in [0.05, 0.1) is 12.8 Å². The summed E-state index contributed by atoms with van der Waals surface area (Å²) in [6.45, 7) is 1.90. The lowest BCUT2D eigenvalue weighted by Gasteiger charge is -2.01. The summed E-state index contributed by atoms with van der Waals surface area (Å²) in [4.78, 5) is 7.11. The van der Waals surface area contributed by atoms with E-state index in [1.165, 1.54) is 0 Å². The van der Waals surface area contributed by atoms with Gasteiger partial charge in [-0.2, -0.15) is 5.26 Å². The van der Waals surface area contributed by atoms with Crippen molar-refractivity contribution in [2.75, 3.05) is 7.11 Å². The van der Waals surface area contributed by atoms with Crippen LogP contribution in [0.15, 0.2) is 24.3 Å². The summed E-state index contributed by atoms with van der Waals surface area (Å²) in [7, 11) is 1.63. The molecule has 16 heavy (non-hydrogen) atoms. The first-order chi connectivity index (χ1) is 7.74. The highest BCUT2D eigenvalue weighted by atomic mass is 16.5. The average Bonchev–Trinajstić information content (AvgIpc) is 2.71.